The van der Waals surface area contributed by atoms with E-state index in [9.17, 15) is 0 Å². The van der Waals surface area contributed by atoms with Crippen LogP contribution in [-0.4, -0.2) is 8.07 Å². The lowest BCUT2D eigenvalue weighted by atomic mass is 9.98. The van der Waals surface area contributed by atoms with Gasteiger partial charge in [0.2, 0.25) is 5.69 Å². The molecule has 0 amide bonds. The molecule has 3 heterocycles. The van der Waals surface area contributed by atoms with Gasteiger partial charge in [0.1, 0.15) is 18.2 Å². The third-order valence-electron chi connectivity index (χ3n) is 6.94. The molecule has 0 fully saturated rings. The molecule has 0 atom stereocenters. The summed E-state index contributed by atoms with van der Waals surface area (Å²) in [7, 11) is 0.115. The summed E-state index contributed by atoms with van der Waals surface area (Å²) in [6.45, 7) is 6.71. The molecule has 0 saturated heterocycles. The molecular weight excluding hydrogens is 406 g/mol. The quantitative estimate of drug-likeness (QED) is 0.227. The smallest absolute Gasteiger partial charge is 0.216 e. The molecule has 0 N–H and O–H groups in total. The number of aromatic nitrogens is 1. The Balaban J connectivity index is 1.69. The third kappa shape index (κ3) is 2.74. The van der Waals surface area contributed by atoms with Crippen LogP contribution in [0.1, 0.15) is 13.9 Å². The van der Waals surface area contributed by atoms with E-state index in [0.717, 1.165) is 49.9 Å². The molecule has 0 unspecified atom stereocenters. The van der Waals surface area contributed by atoms with Crippen molar-refractivity contribution in [3.05, 3.63) is 84.1 Å². The Morgan fingerprint density at radius 2 is 1.66 bits per heavy atom. The summed E-state index contributed by atoms with van der Waals surface area (Å²) in [6, 6.07) is 23.7. The fraction of sp³-hybridized carbons (Fsp3) is 0.207. The van der Waals surface area contributed by atoms with Gasteiger partial charge in [0.15, 0.2) is 6.20 Å². The second-order valence-corrected chi connectivity index (χ2v) is 14.2. The molecule has 0 bridgehead atoms. The van der Waals surface area contributed by atoms with Crippen LogP contribution in [0, 0.1) is 6.92 Å². The van der Waals surface area contributed by atoms with Gasteiger partial charge in [-0.15, -0.1) is 0 Å². The number of nitrogens with zero attached hydrogens (tertiary/aromatic N) is 1. The van der Waals surface area contributed by atoms with Crippen molar-refractivity contribution in [3.63, 3.8) is 0 Å². The van der Waals surface area contributed by atoms with Crippen molar-refractivity contribution in [3.8, 4) is 22.4 Å². The van der Waals surface area contributed by atoms with Crippen LogP contribution in [0.4, 0.5) is 0 Å². The maximum atomic E-state index is 8.68. The fourth-order valence-corrected chi connectivity index (χ4v) is 7.99. The zero-order valence-electron chi connectivity index (χ0n) is 21.0. The Kier molecular flexibility index (Phi) is 3.76. The van der Waals surface area contributed by atoms with Crippen LogP contribution in [-0.2, 0) is 13.4 Å². The van der Waals surface area contributed by atoms with Crippen LogP contribution in [0.15, 0.2) is 77.3 Å². The van der Waals surface area contributed by atoms with Gasteiger partial charge < -0.3 is 4.42 Å². The molecule has 2 aromatic heterocycles. The number of fused-ring (bicyclic) bond motifs is 4. The molecule has 0 spiro atoms. The number of para-hydroxylation sites is 1. The van der Waals surface area contributed by atoms with E-state index in [-0.39, 0.29) is 0 Å². The first kappa shape index (κ1) is 17.4. The van der Waals surface area contributed by atoms with Crippen molar-refractivity contribution in [1.82, 2.24) is 0 Å². The van der Waals surface area contributed by atoms with Gasteiger partial charge in [-0.3, -0.25) is 0 Å². The molecule has 1 aliphatic rings. The number of hydrogen-bond acceptors (Lipinski definition) is 1. The van der Waals surface area contributed by atoms with E-state index >= 15 is 0 Å². The first-order chi connectivity index (χ1) is 16.2. The van der Waals surface area contributed by atoms with Crippen molar-refractivity contribution in [2.75, 3.05) is 0 Å². The van der Waals surface area contributed by atoms with Crippen molar-refractivity contribution in [1.29, 1.82) is 0 Å². The fourth-order valence-electron chi connectivity index (χ4n) is 5.33. The molecule has 6 rings (SSSR count). The first-order valence-electron chi connectivity index (χ1n) is 12.2. The average molecular weight is 437 g/mol. The highest BCUT2D eigenvalue weighted by Crippen LogP contribution is 2.41. The van der Waals surface area contributed by atoms with Crippen molar-refractivity contribution in [2.24, 2.45) is 7.05 Å². The highest BCUT2D eigenvalue weighted by Gasteiger charge is 2.34. The topological polar surface area (TPSA) is 17.0 Å². The molecular formula is C29H28NOSi+. The van der Waals surface area contributed by atoms with E-state index in [0.29, 0.717) is 6.04 Å². The van der Waals surface area contributed by atoms with Crippen LogP contribution in [0.2, 0.25) is 19.1 Å². The van der Waals surface area contributed by atoms with E-state index in [4.69, 9.17) is 7.16 Å². The van der Waals surface area contributed by atoms with Gasteiger partial charge in [0, 0.05) is 31.2 Å². The number of furan rings is 1. The Morgan fingerprint density at radius 3 is 2.50 bits per heavy atom. The molecule has 0 aliphatic carbocycles. The molecule has 2 nitrogen and oxygen atoms in total. The number of aryl methyl sites for hydroxylation is 3. The van der Waals surface area contributed by atoms with Crippen LogP contribution < -0.4 is 9.75 Å². The van der Waals surface area contributed by atoms with Crippen LogP contribution >= 0.6 is 0 Å². The molecule has 1 aliphatic heterocycles. The Bertz CT molecular complexity index is 1620. The zero-order valence-corrected chi connectivity index (χ0v) is 20.0. The Morgan fingerprint density at radius 1 is 0.875 bits per heavy atom. The minimum Gasteiger partial charge on any atom is -0.454 e. The summed E-state index contributed by atoms with van der Waals surface area (Å²) < 4.78 is 26.2. The lowest BCUT2D eigenvalue weighted by Gasteiger charge is -2.20. The van der Waals surface area contributed by atoms with Gasteiger partial charge in [-0.05, 0) is 47.3 Å². The summed E-state index contributed by atoms with van der Waals surface area (Å²) in [5, 5.41) is 3.45. The monoisotopic (exact) mass is 436 g/mol. The maximum Gasteiger partial charge on any atom is 0.216 e. The molecule has 0 saturated carbocycles. The maximum absolute atomic E-state index is 8.68. The summed E-state index contributed by atoms with van der Waals surface area (Å²) >= 11 is 0. The van der Waals surface area contributed by atoms with Gasteiger partial charge in [0.05, 0.1) is 13.6 Å². The molecule has 158 valence electrons. The number of hydrogen-bond donors (Lipinski definition) is 0. The highest BCUT2D eigenvalue weighted by atomic mass is 28.3. The summed E-state index contributed by atoms with van der Waals surface area (Å²) in [5.74, 6) is 0. The van der Waals surface area contributed by atoms with Gasteiger partial charge >= 0.3 is 0 Å². The summed E-state index contributed by atoms with van der Waals surface area (Å²) in [4.78, 5) is 0. The Labute approximate surface area is 193 Å². The summed E-state index contributed by atoms with van der Waals surface area (Å²) in [6.07, 6.45) is 0.796. The molecule has 3 aromatic carbocycles. The van der Waals surface area contributed by atoms with Crippen LogP contribution in [0.3, 0.4) is 0 Å². The predicted octanol–water partition coefficient (Wildman–Crippen LogP) is 6.52. The molecule has 5 aromatic rings. The highest BCUT2D eigenvalue weighted by molar-refractivity contribution is 6.92. The van der Waals surface area contributed by atoms with Gasteiger partial charge in [-0.1, -0.05) is 61.6 Å². The molecule has 0 radical (unpaired) electrons. The molecule has 3 heteroatoms. The molecule has 32 heavy (non-hydrogen) atoms. The lowest BCUT2D eigenvalue weighted by molar-refractivity contribution is -0.660. The van der Waals surface area contributed by atoms with Gasteiger partial charge in [-0.2, -0.15) is 0 Å². The predicted molar refractivity (Wildman–Crippen MR) is 136 cm³/mol. The van der Waals surface area contributed by atoms with Gasteiger partial charge in [0.25, 0.3) is 0 Å². The second-order valence-electron chi connectivity index (χ2n) is 9.58. The second kappa shape index (κ2) is 6.91. The van der Waals surface area contributed by atoms with E-state index in [1.54, 1.807) is 0 Å². The first-order valence-corrected chi connectivity index (χ1v) is 14.4. The normalized spacial score (nSPS) is 17.4. The zero-order chi connectivity index (χ0) is 23.8. The van der Waals surface area contributed by atoms with E-state index in [1.165, 1.54) is 10.8 Å². The van der Waals surface area contributed by atoms with E-state index in [1.807, 2.05) is 18.2 Å². The summed E-state index contributed by atoms with van der Waals surface area (Å²) in [5.41, 5.74) is 8.26. The van der Waals surface area contributed by atoms with Crippen molar-refractivity contribution < 1.29 is 11.7 Å². The average Bonchev–Trinajstić information content (AvgIpc) is 3.26. The van der Waals surface area contributed by atoms with Crippen molar-refractivity contribution in [2.45, 2.75) is 32.4 Å². The minimum atomic E-state index is -1.95. The number of pyridine rings is 1. The van der Waals surface area contributed by atoms with Crippen LogP contribution in [0.5, 0.6) is 0 Å². The van der Waals surface area contributed by atoms with E-state index < -0.39 is 14.4 Å². The Hall–Kier alpha value is -3.17. The number of benzene rings is 3. The minimum absolute atomic E-state index is 0.621. The lowest BCUT2D eigenvalue weighted by Crippen LogP contribution is -2.39. The van der Waals surface area contributed by atoms with Gasteiger partial charge in [-0.25, -0.2) is 4.57 Å². The third-order valence-corrected chi connectivity index (χ3v) is 9.89. The van der Waals surface area contributed by atoms with Crippen molar-refractivity contribution >= 4 is 35.2 Å². The largest absolute Gasteiger partial charge is 0.454 e. The SMILES string of the molecule is [2H]C1([2H])C[Si](C)(C)c2c(-c3cccc4c3oc3c(-c5cccc[n+]5C)c(C)ccc34)cccc21. The van der Waals surface area contributed by atoms with E-state index in [2.05, 4.69) is 86.4 Å². The van der Waals surface area contributed by atoms with Crippen LogP contribution in [0.25, 0.3) is 44.3 Å². The number of rotatable bonds is 2. The standard InChI is InChI=1S/C29H28NOSi/c1-19-14-15-23-21-10-8-11-22(24-12-7-9-20-16-18-32(3,4)29(20)24)27(21)31-28(23)26(19)25-13-5-6-17-30(25)2/h5-15,17H,16,18H2,1-4H3/q+1/i16D2.